The second-order valence-corrected chi connectivity index (χ2v) is 4.81. The fraction of sp³-hybridized carbons (Fsp3) is 0.385. The highest BCUT2D eigenvalue weighted by Crippen LogP contribution is 2.29. The summed E-state index contributed by atoms with van der Waals surface area (Å²) in [5, 5.41) is 4.41. The van der Waals surface area contributed by atoms with Gasteiger partial charge in [-0.15, -0.1) is 0 Å². The van der Waals surface area contributed by atoms with E-state index in [2.05, 4.69) is 15.3 Å². The molecule has 1 aliphatic rings. The van der Waals surface area contributed by atoms with Crippen LogP contribution < -0.4 is 11.1 Å². The Labute approximate surface area is 100 Å². The number of rotatable bonds is 3. The predicted molar refractivity (Wildman–Crippen MR) is 68.8 cm³/mol. The van der Waals surface area contributed by atoms with Crippen molar-refractivity contribution in [2.75, 3.05) is 11.9 Å². The fourth-order valence-corrected chi connectivity index (χ4v) is 2.21. The van der Waals surface area contributed by atoms with Crippen molar-refractivity contribution in [3.05, 3.63) is 30.6 Å². The van der Waals surface area contributed by atoms with Crippen LogP contribution in [0.25, 0.3) is 10.9 Å². The third-order valence-corrected chi connectivity index (χ3v) is 3.50. The Morgan fingerprint density at radius 1 is 1.24 bits per heavy atom. The summed E-state index contributed by atoms with van der Waals surface area (Å²) in [6.07, 6.45) is 5.03. The van der Waals surface area contributed by atoms with Crippen LogP contribution in [0, 0.1) is 0 Å². The molecule has 17 heavy (non-hydrogen) atoms. The maximum atomic E-state index is 6.19. The number of fused-ring (bicyclic) bond motifs is 1. The summed E-state index contributed by atoms with van der Waals surface area (Å²) in [7, 11) is 0. The second-order valence-electron chi connectivity index (χ2n) is 4.81. The second kappa shape index (κ2) is 3.96. The van der Waals surface area contributed by atoms with Crippen LogP contribution in [0.2, 0.25) is 0 Å². The highest BCUT2D eigenvalue weighted by atomic mass is 15.0. The quantitative estimate of drug-likeness (QED) is 0.842. The summed E-state index contributed by atoms with van der Waals surface area (Å²) >= 11 is 0. The molecule has 0 atom stereocenters. The zero-order valence-electron chi connectivity index (χ0n) is 9.69. The summed E-state index contributed by atoms with van der Waals surface area (Å²) < 4.78 is 0. The topological polar surface area (TPSA) is 63.8 Å². The minimum atomic E-state index is -0.0357. The van der Waals surface area contributed by atoms with Crippen LogP contribution in [0.1, 0.15) is 19.3 Å². The van der Waals surface area contributed by atoms with E-state index >= 15 is 0 Å². The van der Waals surface area contributed by atoms with Crippen LogP contribution in [0.3, 0.4) is 0 Å². The number of benzene rings is 1. The van der Waals surface area contributed by atoms with Crippen LogP contribution in [0.4, 0.5) is 5.82 Å². The average molecular weight is 228 g/mol. The Hall–Kier alpha value is -1.68. The lowest BCUT2D eigenvalue weighted by molar-refractivity contribution is 0.265. The molecule has 1 aliphatic carbocycles. The summed E-state index contributed by atoms with van der Waals surface area (Å²) in [4.78, 5) is 8.53. The monoisotopic (exact) mass is 228 g/mol. The molecule has 4 nitrogen and oxygen atoms in total. The van der Waals surface area contributed by atoms with Crippen LogP contribution in [0.15, 0.2) is 30.6 Å². The predicted octanol–water partition coefficient (Wildman–Crippen LogP) is 1.92. The minimum absolute atomic E-state index is 0.0357. The first kappa shape index (κ1) is 10.5. The van der Waals surface area contributed by atoms with Gasteiger partial charge in [0.05, 0.1) is 5.52 Å². The van der Waals surface area contributed by atoms with E-state index in [1.54, 1.807) is 6.33 Å². The smallest absolute Gasteiger partial charge is 0.137 e. The van der Waals surface area contributed by atoms with Crippen molar-refractivity contribution in [3.8, 4) is 0 Å². The van der Waals surface area contributed by atoms with E-state index in [0.29, 0.717) is 0 Å². The Kier molecular flexibility index (Phi) is 2.44. The number of hydrogen-bond acceptors (Lipinski definition) is 4. The lowest BCUT2D eigenvalue weighted by Crippen LogP contribution is -2.52. The molecule has 0 bridgehead atoms. The highest BCUT2D eigenvalue weighted by molar-refractivity contribution is 5.88. The number of hydrogen-bond donors (Lipinski definition) is 2. The third-order valence-electron chi connectivity index (χ3n) is 3.50. The number of aromatic nitrogens is 2. The fourth-order valence-electron chi connectivity index (χ4n) is 2.21. The number of para-hydroxylation sites is 1. The van der Waals surface area contributed by atoms with Gasteiger partial charge in [0, 0.05) is 17.5 Å². The van der Waals surface area contributed by atoms with E-state index in [9.17, 15) is 0 Å². The van der Waals surface area contributed by atoms with Crippen molar-refractivity contribution in [2.24, 2.45) is 5.73 Å². The van der Waals surface area contributed by atoms with Crippen molar-refractivity contribution >= 4 is 16.7 Å². The molecule has 0 aliphatic heterocycles. The van der Waals surface area contributed by atoms with E-state index < -0.39 is 0 Å². The average Bonchev–Trinajstić information content (AvgIpc) is 2.34. The molecular formula is C13H16N4. The van der Waals surface area contributed by atoms with Gasteiger partial charge in [-0.25, -0.2) is 9.97 Å². The summed E-state index contributed by atoms with van der Waals surface area (Å²) in [6, 6.07) is 8.00. The minimum Gasteiger partial charge on any atom is -0.368 e. The largest absolute Gasteiger partial charge is 0.368 e. The van der Waals surface area contributed by atoms with Crippen molar-refractivity contribution < 1.29 is 0 Å². The van der Waals surface area contributed by atoms with Gasteiger partial charge in [0.25, 0.3) is 0 Å². The molecule has 2 aromatic rings. The molecule has 1 heterocycles. The molecule has 0 saturated heterocycles. The molecule has 88 valence electrons. The SMILES string of the molecule is NC1(CNc2ncnc3ccccc23)CCC1. The first-order valence-corrected chi connectivity index (χ1v) is 5.99. The van der Waals surface area contributed by atoms with Gasteiger partial charge in [-0.3, -0.25) is 0 Å². The maximum Gasteiger partial charge on any atom is 0.137 e. The molecule has 0 unspecified atom stereocenters. The van der Waals surface area contributed by atoms with Gasteiger partial charge in [0.15, 0.2) is 0 Å². The van der Waals surface area contributed by atoms with Gasteiger partial charge >= 0.3 is 0 Å². The zero-order chi connectivity index (χ0) is 11.7. The Morgan fingerprint density at radius 3 is 2.82 bits per heavy atom. The van der Waals surface area contributed by atoms with Gasteiger partial charge in [0.1, 0.15) is 12.1 Å². The summed E-state index contributed by atoms with van der Waals surface area (Å²) in [5.41, 5.74) is 7.12. The third kappa shape index (κ3) is 1.96. The van der Waals surface area contributed by atoms with E-state index in [0.717, 1.165) is 36.1 Å². The van der Waals surface area contributed by atoms with Crippen molar-refractivity contribution in [3.63, 3.8) is 0 Å². The number of anilines is 1. The number of nitrogens with zero attached hydrogens (tertiary/aromatic N) is 2. The molecule has 1 aromatic carbocycles. The van der Waals surface area contributed by atoms with E-state index in [4.69, 9.17) is 5.73 Å². The molecule has 0 spiro atoms. The van der Waals surface area contributed by atoms with Crippen molar-refractivity contribution in [1.29, 1.82) is 0 Å². The van der Waals surface area contributed by atoms with E-state index in [1.807, 2.05) is 24.3 Å². The Morgan fingerprint density at radius 2 is 2.06 bits per heavy atom. The van der Waals surface area contributed by atoms with Gasteiger partial charge in [-0.1, -0.05) is 12.1 Å². The molecule has 0 radical (unpaired) electrons. The Bertz CT molecular complexity index is 528. The summed E-state index contributed by atoms with van der Waals surface area (Å²) in [5.74, 6) is 0.882. The molecule has 3 rings (SSSR count). The first-order valence-electron chi connectivity index (χ1n) is 5.99. The molecule has 1 aromatic heterocycles. The molecule has 1 fully saturated rings. The number of nitrogens with two attached hydrogens (primary N) is 1. The van der Waals surface area contributed by atoms with Crippen molar-refractivity contribution in [1.82, 2.24) is 9.97 Å². The zero-order valence-corrected chi connectivity index (χ0v) is 9.69. The molecule has 3 N–H and O–H groups in total. The lowest BCUT2D eigenvalue weighted by atomic mass is 9.78. The van der Waals surface area contributed by atoms with E-state index in [1.165, 1.54) is 6.42 Å². The van der Waals surface area contributed by atoms with Gasteiger partial charge in [-0.05, 0) is 31.4 Å². The number of nitrogens with one attached hydrogen (secondary N) is 1. The van der Waals surface area contributed by atoms with Crippen LogP contribution in [0.5, 0.6) is 0 Å². The van der Waals surface area contributed by atoms with Gasteiger partial charge in [0.2, 0.25) is 0 Å². The van der Waals surface area contributed by atoms with Crippen LogP contribution >= 0.6 is 0 Å². The lowest BCUT2D eigenvalue weighted by Gasteiger charge is -2.38. The standard InChI is InChI=1S/C13H16N4/c14-13(6-3-7-13)8-15-12-10-4-1-2-5-11(10)16-9-17-12/h1-2,4-5,9H,3,6-8,14H2,(H,15,16,17). The van der Waals surface area contributed by atoms with Gasteiger partial charge in [-0.2, -0.15) is 0 Å². The Balaban J connectivity index is 1.85. The molecular weight excluding hydrogens is 212 g/mol. The first-order chi connectivity index (χ1) is 8.27. The van der Waals surface area contributed by atoms with Gasteiger partial charge < -0.3 is 11.1 Å². The molecule has 1 saturated carbocycles. The normalized spacial score (nSPS) is 17.7. The molecule has 0 amide bonds. The maximum absolute atomic E-state index is 6.19. The van der Waals surface area contributed by atoms with Crippen LogP contribution in [-0.4, -0.2) is 22.1 Å². The van der Waals surface area contributed by atoms with Crippen LogP contribution in [-0.2, 0) is 0 Å². The molecule has 4 heteroatoms. The highest BCUT2D eigenvalue weighted by Gasteiger charge is 2.32. The summed E-state index contributed by atoms with van der Waals surface area (Å²) in [6.45, 7) is 0.786. The van der Waals surface area contributed by atoms with E-state index in [-0.39, 0.29) is 5.54 Å². The van der Waals surface area contributed by atoms with Crippen molar-refractivity contribution in [2.45, 2.75) is 24.8 Å².